The molecular formula is C27H17F9N2O2. The number of nitrogens with zero attached hydrogens (tertiary/aromatic N) is 1. The molecule has 13 heteroatoms. The molecule has 0 aliphatic carbocycles. The fourth-order valence-corrected chi connectivity index (χ4v) is 4.34. The van der Waals surface area contributed by atoms with Crippen LogP contribution < -0.4 is 10.9 Å². The van der Waals surface area contributed by atoms with E-state index in [0.717, 1.165) is 29.8 Å². The number of benzene rings is 3. The van der Waals surface area contributed by atoms with Crippen LogP contribution in [-0.4, -0.2) is 10.5 Å². The van der Waals surface area contributed by atoms with Gasteiger partial charge >= 0.3 is 18.5 Å². The normalized spacial score (nSPS) is 12.6. The van der Waals surface area contributed by atoms with Gasteiger partial charge in [0.15, 0.2) is 0 Å². The minimum absolute atomic E-state index is 0.00845. The van der Waals surface area contributed by atoms with Gasteiger partial charge in [0.1, 0.15) is 5.69 Å². The van der Waals surface area contributed by atoms with Crippen molar-refractivity contribution in [1.82, 2.24) is 9.88 Å². The Morgan fingerprint density at radius 1 is 0.750 bits per heavy atom. The molecule has 1 heterocycles. The molecule has 0 unspecified atom stereocenters. The summed E-state index contributed by atoms with van der Waals surface area (Å²) in [5, 5.41) is 2.14. The van der Waals surface area contributed by atoms with Crippen LogP contribution in [0.4, 0.5) is 39.5 Å². The van der Waals surface area contributed by atoms with E-state index in [9.17, 15) is 49.1 Å². The summed E-state index contributed by atoms with van der Waals surface area (Å²) in [5.41, 5.74) is -6.97. The van der Waals surface area contributed by atoms with Crippen LogP contribution in [0.25, 0.3) is 21.9 Å². The standard InChI is InChI=1S/C27H17F9N2O2/c1-38-22(23(39)37-13-14-10-15(25(28,29)30)12-16(11-14)26(31,32)33)21(17-6-2-3-7-18(17)24(38)40)19-8-4-5-9-20(19)27(34,35)36/h2-12H,13H2,1H3,(H,37,39). The molecule has 0 atom stereocenters. The van der Waals surface area contributed by atoms with Crippen LogP contribution in [0.3, 0.4) is 0 Å². The number of aromatic nitrogens is 1. The Balaban J connectivity index is 1.88. The molecule has 1 amide bonds. The number of alkyl halides is 9. The van der Waals surface area contributed by atoms with Crippen molar-refractivity contribution in [1.29, 1.82) is 0 Å². The second-order valence-corrected chi connectivity index (χ2v) is 8.77. The average molecular weight is 572 g/mol. The lowest BCUT2D eigenvalue weighted by molar-refractivity contribution is -0.143. The molecule has 3 aromatic carbocycles. The Hall–Kier alpha value is -4.29. The lowest BCUT2D eigenvalue weighted by Crippen LogP contribution is -2.32. The third-order valence-electron chi connectivity index (χ3n) is 6.12. The molecule has 0 fully saturated rings. The molecule has 4 nitrogen and oxygen atoms in total. The summed E-state index contributed by atoms with van der Waals surface area (Å²) in [4.78, 5) is 26.4. The highest BCUT2D eigenvalue weighted by Crippen LogP contribution is 2.41. The lowest BCUT2D eigenvalue weighted by Gasteiger charge is -2.20. The van der Waals surface area contributed by atoms with E-state index in [4.69, 9.17) is 0 Å². The van der Waals surface area contributed by atoms with Crippen molar-refractivity contribution in [3.8, 4) is 11.1 Å². The number of fused-ring (bicyclic) bond motifs is 1. The van der Waals surface area contributed by atoms with Crippen LogP contribution in [0.15, 0.2) is 71.5 Å². The van der Waals surface area contributed by atoms with E-state index in [1.54, 1.807) is 0 Å². The molecule has 0 saturated heterocycles. The zero-order valence-electron chi connectivity index (χ0n) is 20.2. The van der Waals surface area contributed by atoms with Gasteiger partial charge in [-0.3, -0.25) is 9.59 Å². The van der Waals surface area contributed by atoms with Crippen molar-refractivity contribution in [2.75, 3.05) is 0 Å². The average Bonchev–Trinajstić information content (AvgIpc) is 2.87. The smallest absolute Gasteiger partial charge is 0.347 e. The van der Waals surface area contributed by atoms with Crippen LogP contribution >= 0.6 is 0 Å². The fraction of sp³-hybridized carbons (Fsp3) is 0.185. The van der Waals surface area contributed by atoms with E-state index >= 15 is 0 Å². The Kier molecular flexibility index (Phi) is 7.20. The molecule has 0 aliphatic rings. The predicted molar refractivity (Wildman–Crippen MR) is 127 cm³/mol. The van der Waals surface area contributed by atoms with Gasteiger partial charge in [-0.1, -0.05) is 36.4 Å². The van der Waals surface area contributed by atoms with Crippen molar-refractivity contribution in [2.45, 2.75) is 25.1 Å². The van der Waals surface area contributed by atoms with Gasteiger partial charge in [-0.05, 0) is 46.8 Å². The first-order chi connectivity index (χ1) is 18.5. The second-order valence-electron chi connectivity index (χ2n) is 8.77. The zero-order valence-corrected chi connectivity index (χ0v) is 20.2. The number of amides is 1. The summed E-state index contributed by atoms with van der Waals surface area (Å²) in [6.07, 6.45) is -15.1. The van der Waals surface area contributed by atoms with E-state index in [2.05, 4.69) is 5.32 Å². The van der Waals surface area contributed by atoms with Crippen LogP contribution in [0.2, 0.25) is 0 Å². The van der Waals surface area contributed by atoms with Gasteiger partial charge < -0.3 is 9.88 Å². The highest BCUT2D eigenvalue weighted by Gasteiger charge is 2.38. The zero-order chi connectivity index (χ0) is 29.6. The van der Waals surface area contributed by atoms with Gasteiger partial charge in [0, 0.05) is 24.5 Å². The van der Waals surface area contributed by atoms with E-state index in [-0.39, 0.29) is 22.4 Å². The first-order valence-electron chi connectivity index (χ1n) is 11.3. The van der Waals surface area contributed by atoms with Gasteiger partial charge in [0.05, 0.1) is 16.7 Å². The molecular weight excluding hydrogens is 555 g/mol. The molecule has 0 spiro atoms. The van der Waals surface area contributed by atoms with Crippen molar-refractivity contribution in [3.63, 3.8) is 0 Å². The van der Waals surface area contributed by atoms with Crippen LogP contribution in [0, 0.1) is 0 Å². The Morgan fingerprint density at radius 3 is 1.82 bits per heavy atom. The maximum Gasteiger partial charge on any atom is 0.417 e. The molecule has 1 N–H and O–H groups in total. The number of hydrogen-bond acceptors (Lipinski definition) is 2. The first-order valence-corrected chi connectivity index (χ1v) is 11.3. The summed E-state index contributed by atoms with van der Waals surface area (Å²) in [6, 6.07) is 10.6. The van der Waals surface area contributed by atoms with E-state index in [0.29, 0.717) is 12.1 Å². The van der Waals surface area contributed by atoms with Gasteiger partial charge in [-0.25, -0.2) is 0 Å². The molecule has 0 saturated carbocycles. The van der Waals surface area contributed by atoms with Crippen LogP contribution in [0.5, 0.6) is 0 Å². The van der Waals surface area contributed by atoms with Crippen molar-refractivity contribution in [3.05, 3.63) is 105 Å². The highest BCUT2D eigenvalue weighted by atomic mass is 19.4. The summed E-state index contributed by atoms with van der Waals surface area (Å²) in [7, 11) is 1.12. The quantitative estimate of drug-likeness (QED) is 0.263. The summed E-state index contributed by atoms with van der Waals surface area (Å²) < 4.78 is 122. The van der Waals surface area contributed by atoms with Crippen molar-refractivity contribution < 1.29 is 44.3 Å². The summed E-state index contributed by atoms with van der Waals surface area (Å²) in [6.45, 7) is -0.854. The third-order valence-corrected chi connectivity index (χ3v) is 6.12. The van der Waals surface area contributed by atoms with Gasteiger partial charge in [0.25, 0.3) is 11.5 Å². The Bertz CT molecular complexity index is 1630. The van der Waals surface area contributed by atoms with Gasteiger partial charge in [-0.2, -0.15) is 39.5 Å². The Labute approximate surface area is 219 Å². The fourth-order valence-electron chi connectivity index (χ4n) is 4.34. The third kappa shape index (κ3) is 5.54. The van der Waals surface area contributed by atoms with Crippen molar-refractivity contribution >= 4 is 16.7 Å². The molecule has 1 aromatic heterocycles. The summed E-state index contributed by atoms with van der Waals surface area (Å²) in [5.74, 6) is -1.19. The molecule has 0 aliphatic heterocycles. The molecule has 4 aromatic rings. The number of pyridine rings is 1. The van der Waals surface area contributed by atoms with Crippen LogP contribution in [0.1, 0.15) is 32.7 Å². The lowest BCUT2D eigenvalue weighted by atomic mass is 9.92. The van der Waals surface area contributed by atoms with E-state index in [1.807, 2.05) is 0 Å². The SMILES string of the molecule is Cn1c(C(=O)NCc2cc(C(F)(F)F)cc(C(F)(F)F)c2)c(-c2ccccc2C(F)(F)F)c2ccccc2c1=O. The number of halogens is 9. The van der Waals surface area contributed by atoms with Gasteiger partial charge in [-0.15, -0.1) is 0 Å². The van der Waals surface area contributed by atoms with E-state index in [1.165, 1.54) is 30.3 Å². The number of rotatable bonds is 4. The Morgan fingerprint density at radius 2 is 1.27 bits per heavy atom. The van der Waals surface area contributed by atoms with Crippen molar-refractivity contribution in [2.24, 2.45) is 7.05 Å². The number of hydrogen-bond donors (Lipinski definition) is 1. The molecule has 210 valence electrons. The number of carbonyl (C=O) groups excluding carboxylic acids is 1. The maximum atomic E-state index is 13.9. The summed E-state index contributed by atoms with van der Waals surface area (Å²) >= 11 is 0. The predicted octanol–water partition coefficient (Wildman–Crippen LogP) is 7.19. The molecule has 0 bridgehead atoms. The number of nitrogens with one attached hydrogen (secondary N) is 1. The minimum atomic E-state index is -5.13. The van der Waals surface area contributed by atoms with E-state index < -0.39 is 70.1 Å². The topological polar surface area (TPSA) is 51.1 Å². The maximum absolute atomic E-state index is 13.9. The van der Waals surface area contributed by atoms with Gasteiger partial charge in [0.2, 0.25) is 0 Å². The van der Waals surface area contributed by atoms with Crippen LogP contribution in [-0.2, 0) is 32.1 Å². The second kappa shape index (κ2) is 10.0. The first kappa shape index (κ1) is 28.7. The molecule has 40 heavy (non-hydrogen) atoms. The molecule has 0 radical (unpaired) electrons. The highest BCUT2D eigenvalue weighted by molar-refractivity contribution is 6.08. The largest absolute Gasteiger partial charge is 0.417 e. The monoisotopic (exact) mass is 572 g/mol. The molecule has 4 rings (SSSR count). The number of carbonyl (C=O) groups is 1. The minimum Gasteiger partial charge on any atom is -0.347 e.